The third kappa shape index (κ3) is 4.17. The fourth-order valence-electron chi connectivity index (χ4n) is 1.60. The minimum atomic E-state index is -0.364. The van der Waals surface area contributed by atoms with Gasteiger partial charge in [0.25, 0.3) is 0 Å². The number of hydrogen-bond donors (Lipinski definition) is 1. The smallest absolute Gasteiger partial charge is 0.142 e. The van der Waals surface area contributed by atoms with Crippen LogP contribution in [0.4, 0.5) is 10.1 Å². The fraction of sp³-hybridized carbons (Fsp3) is 0.200. The molecular formula is C15H16FNO2. The van der Waals surface area contributed by atoms with E-state index in [0.29, 0.717) is 24.7 Å². The van der Waals surface area contributed by atoms with Crippen LogP contribution in [0.5, 0.6) is 11.5 Å². The van der Waals surface area contributed by atoms with Crippen LogP contribution in [0.3, 0.4) is 0 Å². The summed E-state index contributed by atoms with van der Waals surface area (Å²) in [4.78, 5) is 0. The lowest BCUT2D eigenvalue weighted by molar-refractivity contribution is 0.248. The summed E-state index contributed by atoms with van der Waals surface area (Å²) in [5, 5.41) is 0. The first kappa shape index (κ1) is 13.2. The predicted octanol–water partition coefficient (Wildman–Crippen LogP) is 3.26. The van der Waals surface area contributed by atoms with E-state index in [0.717, 1.165) is 12.2 Å². The van der Waals surface area contributed by atoms with Crippen molar-refractivity contribution in [1.29, 1.82) is 0 Å². The average molecular weight is 261 g/mol. The van der Waals surface area contributed by atoms with Crippen molar-refractivity contribution in [3.05, 3.63) is 54.3 Å². The summed E-state index contributed by atoms with van der Waals surface area (Å²) in [7, 11) is 0. The summed E-state index contributed by atoms with van der Waals surface area (Å²) in [6.07, 6.45) is 0.728. The molecule has 2 aromatic carbocycles. The number of benzene rings is 2. The molecule has 2 rings (SSSR count). The first-order valence-electron chi connectivity index (χ1n) is 6.11. The lowest BCUT2D eigenvalue weighted by atomic mass is 10.3. The Morgan fingerprint density at radius 2 is 1.68 bits per heavy atom. The summed E-state index contributed by atoms with van der Waals surface area (Å²) < 4.78 is 23.8. The van der Waals surface area contributed by atoms with Crippen molar-refractivity contribution in [1.82, 2.24) is 0 Å². The van der Waals surface area contributed by atoms with Gasteiger partial charge in [-0.05, 0) is 24.3 Å². The minimum absolute atomic E-state index is 0.309. The first-order valence-corrected chi connectivity index (χ1v) is 6.11. The molecule has 0 bridgehead atoms. The number of halogens is 1. The lowest BCUT2D eigenvalue weighted by Crippen LogP contribution is -2.06. The fourth-order valence-corrected chi connectivity index (χ4v) is 1.60. The van der Waals surface area contributed by atoms with Crippen LogP contribution in [0.25, 0.3) is 0 Å². The van der Waals surface area contributed by atoms with E-state index in [4.69, 9.17) is 15.2 Å². The van der Waals surface area contributed by atoms with Gasteiger partial charge in [0.1, 0.15) is 17.3 Å². The maximum absolute atomic E-state index is 12.8. The van der Waals surface area contributed by atoms with Crippen LogP contribution in [0.1, 0.15) is 6.42 Å². The van der Waals surface area contributed by atoms with Gasteiger partial charge in [-0.25, -0.2) is 4.39 Å². The number of para-hydroxylation sites is 1. The van der Waals surface area contributed by atoms with Gasteiger partial charge < -0.3 is 15.2 Å². The topological polar surface area (TPSA) is 44.5 Å². The van der Waals surface area contributed by atoms with Gasteiger partial charge in [0.2, 0.25) is 0 Å². The highest BCUT2D eigenvalue weighted by Gasteiger charge is 2.01. The number of anilines is 1. The zero-order chi connectivity index (χ0) is 13.5. The third-order valence-corrected chi connectivity index (χ3v) is 2.53. The molecule has 0 aliphatic heterocycles. The van der Waals surface area contributed by atoms with E-state index in [2.05, 4.69) is 0 Å². The summed E-state index contributed by atoms with van der Waals surface area (Å²) in [5.74, 6) is 0.974. The normalized spacial score (nSPS) is 10.2. The van der Waals surface area contributed by atoms with Crippen LogP contribution >= 0.6 is 0 Å². The molecule has 100 valence electrons. The second-order valence-corrected chi connectivity index (χ2v) is 4.05. The highest BCUT2D eigenvalue weighted by Crippen LogP contribution is 2.21. The van der Waals surface area contributed by atoms with Crippen LogP contribution in [0.2, 0.25) is 0 Å². The van der Waals surface area contributed by atoms with E-state index in [9.17, 15) is 4.39 Å². The molecule has 0 aromatic heterocycles. The molecule has 2 aromatic rings. The van der Waals surface area contributed by atoms with Gasteiger partial charge in [-0.1, -0.05) is 18.2 Å². The number of rotatable bonds is 6. The highest BCUT2D eigenvalue weighted by atomic mass is 19.1. The Balaban J connectivity index is 1.69. The number of nitrogens with two attached hydrogens (primary N) is 1. The molecule has 2 N–H and O–H groups in total. The van der Waals surface area contributed by atoms with Gasteiger partial charge in [0.15, 0.2) is 0 Å². The second kappa shape index (κ2) is 6.64. The summed E-state index contributed by atoms with van der Waals surface area (Å²) in [6.45, 7) is 1.04. The lowest BCUT2D eigenvalue weighted by Gasteiger charge is -2.09. The number of hydrogen-bond acceptors (Lipinski definition) is 3. The molecule has 0 heterocycles. The van der Waals surface area contributed by atoms with Crippen molar-refractivity contribution < 1.29 is 13.9 Å². The Morgan fingerprint density at radius 1 is 0.947 bits per heavy atom. The van der Waals surface area contributed by atoms with Crippen molar-refractivity contribution in [2.75, 3.05) is 18.9 Å². The van der Waals surface area contributed by atoms with Crippen molar-refractivity contribution in [2.45, 2.75) is 6.42 Å². The van der Waals surface area contributed by atoms with Crippen LogP contribution in [0, 0.1) is 5.82 Å². The Morgan fingerprint density at radius 3 is 2.42 bits per heavy atom. The van der Waals surface area contributed by atoms with Crippen molar-refractivity contribution in [3.63, 3.8) is 0 Å². The molecule has 3 nitrogen and oxygen atoms in total. The van der Waals surface area contributed by atoms with E-state index in [-0.39, 0.29) is 5.82 Å². The maximum Gasteiger partial charge on any atom is 0.142 e. The van der Waals surface area contributed by atoms with Crippen LogP contribution in [-0.2, 0) is 0 Å². The SMILES string of the molecule is Nc1cc(F)ccc1OCCCOc1ccccc1. The Labute approximate surface area is 111 Å². The first-order chi connectivity index (χ1) is 9.25. The molecule has 0 saturated heterocycles. The van der Waals surface area contributed by atoms with E-state index in [1.54, 1.807) is 0 Å². The number of ether oxygens (including phenoxy) is 2. The minimum Gasteiger partial charge on any atom is -0.493 e. The van der Waals surface area contributed by atoms with Gasteiger partial charge >= 0.3 is 0 Å². The molecule has 0 aliphatic rings. The monoisotopic (exact) mass is 261 g/mol. The quantitative estimate of drug-likeness (QED) is 0.641. The Bertz CT molecular complexity index is 517. The third-order valence-electron chi connectivity index (χ3n) is 2.53. The van der Waals surface area contributed by atoms with E-state index < -0.39 is 0 Å². The molecule has 0 spiro atoms. The Kier molecular flexibility index (Phi) is 4.61. The molecule has 0 amide bonds. The van der Waals surface area contributed by atoms with Gasteiger partial charge in [-0.3, -0.25) is 0 Å². The molecule has 0 fully saturated rings. The average Bonchev–Trinajstić information content (AvgIpc) is 2.42. The maximum atomic E-state index is 12.8. The number of nitrogen functional groups attached to an aromatic ring is 1. The summed E-state index contributed by atoms with van der Waals surface area (Å²) >= 11 is 0. The van der Waals surface area contributed by atoms with Gasteiger partial charge in [-0.15, -0.1) is 0 Å². The standard InChI is InChI=1S/C15H16FNO2/c16-12-7-8-15(14(17)11-12)19-10-4-9-18-13-5-2-1-3-6-13/h1-3,5-8,11H,4,9-10,17H2. The molecule has 0 aliphatic carbocycles. The molecule has 0 radical (unpaired) electrons. The van der Waals surface area contributed by atoms with Gasteiger partial charge in [-0.2, -0.15) is 0 Å². The second-order valence-electron chi connectivity index (χ2n) is 4.05. The zero-order valence-electron chi connectivity index (χ0n) is 10.5. The molecule has 0 saturated carbocycles. The van der Waals surface area contributed by atoms with Gasteiger partial charge in [0.05, 0.1) is 18.9 Å². The molecular weight excluding hydrogens is 245 g/mol. The molecule has 0 atom stereocenters. The molecule has 0 unspecified atom stereocenters. The molecule has 19 heavy (non-hydrogen) atoms. The van der Waals surface area contributed by atoms with Crippen LogP contribution in [0.15, 0.2) is 48.5 Å². The van der Waals surface area contributed by atoms with Crippen LogP contribution < -0.4 is 15.2 Å². The zero-order valence-corrected chi connectivity index (χ0v) is 10.5. The van der Waals surface area contributed by atoms with Crippen molar-refractivity contribution >= 4 is 5.69 Å². The van der Waals surface area contributed by atoms with E-state index >= 15 is 0 Å². The summed E-state index contributed by atoms with van der Waals surface area (Å²) in [5.41, 5.74) is 5.94. The predicted molar refractivity (Wildman–Crippen MR) is 72.9 cm³/mol. The van der Waals surface area contributed by atoms with E-state index in [1.165, 1.54) is 18.2 Å². The molecule has 4 heteroatoms. The summed E-state index contributed by atoms with van der Waals surface area (Å²) in [6, 6.07) is 13.7. The highest BCUT2D eigenvalue weighted by molar-refractivity contribution is 5.52. The van der Waals surface area contributed by atoms with Crippen molar-refractivity contribution in [2.24, 2.45) is 0 Å². The Hall–Kier alpha value is -2.23. The van der Waals surface area contributed by atoms with Crippen LogP contribution in [-0.4, -0.2) is 13.2 Å². The largest absolute Gasteiger partial charge is 0.493 e. The van der Waals surface area contributed by atoms with Crippen molar-refractivity contribution in [3.8, 4) is 11.5 Å². The van der Waals surface area contributed by atoms with Gasteiger partial charge in [0, 0.05) is 12.5 Å². The van der Waals surface area contributed by atoms with E-state index in [1.807, 2.05) is 30.3 Å².